The number of nitrogens with zero attached hydrogens (tertiary/aromatic N) is 1. The molecule has 1 aromatic heterocycles. The molecule has 1 fully saturated rings. The molecule has 1 unspecified atom stereocenters. The molecule has 0 N–H and O–H groups in total. The second-order valence-electron chi connectivity index (χ2n) is 4.08. The van der Waals surface area contributed by atoms with E-state index in [9.17, 15) is 9.18 Å². The van der Waals surface area contributed by atoms with Crippen molar-refractivity contribution in [1.82, 2.24) is 4.98 Å². The number of methoxy groups -OCH3 is 1. The van der Waals surface area contributed by atoms with Crippen molar-refractivity contribution in [2.75, 3.05) is 13.7 Å². The first kappa shape index (κ1) is 13.4. The molecule has 1 saturated heterocycles. The van der Waals surface area contributed by atoms with Gasteiger partial charge in [-0.15, -0.1) is 0 Å². The van der Waals surface area contributed by atoms with Gasteiger partial charge in [0.05, 0.1) is 13.2 Å². The van der Waals surface area contributed by atoms with Gasteiger partial charge in [0.25, 0.3) is 0 Å². The SMILES string of the molecule is COC(=O)c1nc(Br)c(F)cc1CCC1CCO1. The first-order valence-corrected chi connectivity index (χ1v) is 6.46. The number of esters is 1. The Bertz CT molecular complexity index is 463. The van der Waals surface area contributed by atoms with Gasteiger partial charge in [0, 0.05) is 6.61 Å². The Morgan fingerprint density at radius 1 is 1.72 bits per heavy atom. The maximum Gasteiger partial charge on any atom is 0.356 e. The van der Waals surface area contributed by atoms with Gasteiger partial charge < -0.3 is 9.47 Å². The Morgan fingerprint density at radius 3 is 3.00 bits per heavy atom. The van der Waals surface area contributed by atoms with Gasteiger partial charge in [0.1, 0.15) is 4.60 Å². The van der Waals surface area contributed by atoms with Crippen LogP contribution in [0.2, 0.25) is 0 Å². The van der Waals surface area contributed by atoms with Gasteiger partial charge in [-0.2, -0.15) is 0 Å². The highest BCUT2D eigenvalue weighted by Crippen LogP contribution is 2.22. The molecule has 0 radical (unpaired) electrons. The van der Waals surface area contributed by atoms with E-state index in [2.05, 4.69) is 25.7 Å². The Morgan fingerprint density at radius 2 is 2.44 bits per heavy atom. The van der Waals surface area contributed by atoms with Gasteiger partial charge in [-0.3, -0.25) is 0 Å². The average Bonchev–Trinajstić information content (AvgIpc) is 2.30. The molecule has 0 aliphatic carbocycles. The summed E-state index contributed by atoms with van der Waals surface area (Å²) < 4.78 is 23.4. The number of halogens is 2. The standard InChI is InChI=1S/C12H13BrFNO3/c1-17-12(16)10-7(2-3-8-4-5-18-8)6-9(14)11(13)15-10/h6,8H,2-5H2,1H3. The third-order valence-corrected chi connectivity index (χ3v) is 3.48. The van der Waals surface area contributed by atoms with E-state index in [4.69, 9.17) is 4.74 Å². The van der Waals surface area contributed by atoms with Gasteiger partial charge >= 0.3 is 5.97 Å². The van der Waals surface area contributed by atoms with Gasteiger partial charge in [0.15, 0.2) is 11.5 Å². The lowest BCUT2D eigenvalue weighted by molar-refractivity contribution is -0.0542. The smallest absolute Gasteiger partial charge is 0.356 e. The zero-order valence-electron chi connectivity index (χ0n) is 9.91. The topological polar surface area (TPSA) is 48.4 Å². The molecule has 4 nitrogen and oxygen atoms in total. The van der Waals surface area contributed by atoms with Crippen molar-refractivity contribution in [3.63, 3.8) is 0 Å². The molecule has 0 saturated carbocycles. The van der Waals surface area contributed by atoms with Crippen molar-refractivity contribution in [2.24, 2.45) is 0 Å². The first-order chi connectivity index (χ1) is 8.61. The molecule has 2 rings (SSSR count). The average molecular weight is 318 g/mol. The van der Waals surface area contributed by atoms with Crippen molar-refractivity contribution in [3.8, 4) is 0 Å². The van der Waals surface area contributed by atoms with Crippen molar-refractivity contribution < 1.29 is 18.7 Å². The second kappa shape index (κ2) is 5.75. The molecule has 0 spiro atoms. The molecule has 0 bridgehead atoms. The molecule has 1 aliphatic rings. The number of hydrogen-bond acceptors (Lipinski definition) is 4. The zero-order chi connectivity index (χ0) is 13.1. The van der Waals surface area contributed by atoms with E-state index in [1.54, 1.807) is 0 Å². The van der Waals surface area contributed by atoms with Gasteiger partial charge in [-0.05, 0) is 46.8 Å². The maximum atomic E-state index is 13.5. The molecular formula is C12H13BrFNO3. The van der Waals surface area contributed by atoms with Crippen LogP contribution in [0, 0.1) is 5.82 Å². The number of hydrogen-bond donors (Lipinski definition) is 0. The van der Waals surface area contributed by atoms with Crippen LogP contribution in [0.25, 0.3) is 0 Å². The number of carbonyl (C=O) groups is 1. The van der Waals surface area contributed by atoms with E-state index in [-0.39, 0.29) is 16.4 Å². The summed E-state index contributed by atoms with van der Waals surface area (Å²) in [6.45, 7) is 0.779. The summed E-state index contributed by atoms with van der Waals surface area (Å²) in [6.07, 6.45) is 2.53. The van der Waals surface area contributed by atoms with Crippen LogP contribution >= 0.6 is 15.9 Å². The normalized spacial score (nSPS) is 18.3. The molecule has 98 valence electrons. The Kier molecular flexibility index (Phi) is 4.29. The van der Waals surface area contributed by atoms with E-state index in [0.717, 1.165) is 19.4 Å². The molecule has 1 aromatic rings. The quantitative estimate of drug-likeness (QED) is 0.632. The van der Waals surface area contributed by atoms with Crippen LogP contribution in [-0.4, -0.2) is 30.8 Å². The fourth-order valence-electron chi connectivity index (χ4n) is 1.80. The van der Waals surface area contributed by atoms with Crippen molar-refractivity contribution in [1.29, 1.82) is 0 Å². The fourth-order valence-corrected chi connectivity index (χ4v) is 2.09. The lowest BCUT2D eigenvalue weighted by atomic mass is 10.0. The minimum absolute atomic E-state index is 0.0199. The molecule has 1 aliphatic heterocycles. The molecule has 2 heterocycles. The van der Waals surface area contributed by atoms with E-state index in [0.29, 0.717) is 12.0 Å². The molecule has 0 aromatic carbocycles. The number of rotatable bonds is 4. The van der Waals surface area contributed by atoms with Crippen LogP contribution in [0.4, 0.5) is 4.39 Å². The predicted molar refractivity (Wildman–Crippen MR) is 65.9 cm³/mol. The first-order valence-electron chi connectivity index (χ1n) is 5.66. The van der Waals surface area contributed by atoms with Crippen molar-refractivity contribution >= 4 is 21.9 Å². The minimum atomic E-state index is -0.555. The third kappa shape index (κ3) is 2.87. The van der Waals surface area contributed by atoms with Crippen LogP contribution in [0.5, 0.6) is 0 Å². The van der Waals surface area contributed by atoms with E-state index in [1.165, 1.54) is 13.2 Å². The van der Waals surface area contributed by atoms with Crippen LogP contribution < -0.4 is 0 Å². The predicted octanol–water partition coefficient (Wildman–Crippen LogP) is 2.49. The summed E-state index contributed by atoms with van der Waals surface area (Å²) in [5, 5.41) is 0. The number of aromatic nitrogens is 1. The van der Waals surface area contributed by atoms with Crippen LogP contribution in [0.1, 0.15) is 28.9 Å². The van der Waals surface area contributed by atoms with Crippen molar-refractivity contribution in [3.05, 3.63) is 27.7 Å². The monoisotopic (exact) mass is 317 g/mol. The van der Waals surface area contributed by atoms with Crippen LogP contribution in [0.15, 0.2) is 10.7 Å². The summed E-state index contributed by atoms with van der Waals surface area (Å²) >= 11 is 2.96. The van der Waals surface area contributed by atoms with Gasteiger partial charge in [-0.1, -0.05) is 0 Å². The van der Waals surface area contributed by atoms with Crippen molar-refractivity contribution in [2.45, 2.75) is 25.4 Å². The highest BCUT2D eigenvalue weighted by molar-refractivity contribution is 9.10. The largest absolute Gasteiger partial charge is 0.464 e. The summed E-state index contributed by atoms with van der Waals surface area (Å²) in [5.74, 6) is -1.03. The molecule has 18 heavy (non-hydrogen) atoms. The van der Waals surface area contributed by atoms with Gasteiger partial charge in [0.2, 0.25) is 0 Å². The number of pyridine rings is 1. The fraction of sp³-hybridized carbons (Fsp3) is 0.500. The number of aryl methyl sites for hydroxylation is 1. The Balaban J connectivity index is 2.19. The highest BCUT2D eigenvalue weighted by atomic mass is 79.9. The number of carbonyl (C=O) groups excluding carboxylic acids is 1. The summed E-state index contributed by atoms with van der Waals surface area (Å²) in [4.78, 5) is 15.5. The molecular weight excluding hydrogens is 305 g/mol. The lowest BCUT2D eigenvalue weighted by Crippen LogP contribution is -2.27. The Hall–Kier alpha value is -1.01. The van der Waals surface area contributed by atoms with E-state index < -0.39 is 11.8 Å². The molecule has 0 amide bonds. The summed E-state index contributed by atoms with van der Waals surface area (Å²) in [6, 6.07) is 1.32. The maximum absolute atomic E-state index is 13.5. The Labute approximate surface area is 113 Å². The molecule has 6 heteroatoms. The molecule has 1 atom stereocenters. The van der Waals surface area contributed by atoms with E-state index >= 15 is 0 Å². The third-order valence-electron chi connectivity index (χ3n) is 2.92. The zero-order valence-corrected chi connectivity index (χ0v) is 11.5. The highest BCUT2D eigenvalue weighted by Gasteiger charge is 2.21. The van der Waals surface area contributed by atoms with E-state index in [1.807, 2.05) is 0 Å². The minimum Gasteiger partial charge on any atom is -0.464 e. The van der Waals surface area contributed by atoms with Gasteiger partial charge in [-0.25, -0.2) is 14.2 Å². The van der Waals surface area contributed by atoms with Crippen LogP contribution in [-0.2, 0) is 15.9 Å². The van der Waals surface area contributed by atoms with Crippen LogP contribution in [0.3, 0.4) is 0 Å². The summed E-state index contributed by atoms with van der Waals surface area (Å²) in [7, 11) is 1.28. The number of ether oxygens (including phenoxy) is 2. The second-order valence-corrected chi connectivity index (χ2v) is 4.83. The lowest BCUT2D eigenvalue weighted by Gasteiger charge is -2.26. The summed E-state index contributed by atoms with van der Waals surface area (Å²) in [5.41, 5.74) is 0.711.